The van der Waals surface area contributed by atoms with Gasteiger partial charge in [0, 0.05) is 20.2 Å². The van der Waals surface area contributed by atoms with E-state index in [9.17, 15) is 4.79 Å². The molecule has 1 aromatic rings. The number of benzene rings is 1. The summed E-state index contributed by atoms with van der Waals surface area (Å²) in [7, 11) is 0. The minimum atomic E-state index is 0.127. The molecule has 0 N–H and O–H groups in total. The Morgan fingerprint density at radius 2 is 2.20 bits per heavy atom. The third-order valence-corrected chi connectivity index (χ3v) is 4.06. The van der Waals surface area contributed by atoms with E-state index in [4.69, 9.17) is 0 Å². The molecule has 0 aliphatic heterocycles. The first-order chi connectivity index (χ1) is 7.04. The van der Waals surface area contributed by atoms with Crippen LogP contribution in [0.25, 0.3) is 0 Å². The Hall–Kier alpha value is -0.280. The smallest absolute Gasteiger partial charge is 0.160 e. The largest absolute Gasteiger partial charge is 0.294 e. The lowest BCUT2D eigenvalue weighted by Crippen LogP contribution is -1.99. The van der Waals surface area contributed by atoms with Gasteiger partial charge < -0.3 is 0 Å². The van der Waals surface area contributed by atoms with Crippen LogP contribution in [0, 0.1) is 0 Å². The summed E-state index contributed by atoms with van der Waals surface area (Å²) >= 11 is 5.15. The van der Waals surface area contributed by atoms with Crippen molar-refractivity contribution in [1.29, 1.82) is 0 Å². The zero-order valence-electron chi connectivity index (χ0n) is 9.21. The molecule has 0 heterocycles. The Morgan fingerprint density at radius 3 is 2.73 bits per heavy atom. The second kappa shape index (κ2) is 5.71. The SMILES string of the molecule is CCC(C)Sc1ccc(Br)cc1C(C)=O. The van der Waals surface area contributed by atoms with Gasteiger partial charge in [0.2, 0.25) is 0 Å². The summed E-state index contributed by atoms with van der Waals surface area (Å²) in [4.78, 5) is 12.5. The van der Waals surface area contributed by atoms with E-state index in [0.29, 0.717) is 5.25 Å². The zero-order valence-corrected chi connectivity index (χ0v) is 11.6. The molecule has 0 saturated heterocycles. The van der Waals surface area contributed by atoms with Crippen molar-refractivity contribution in [3.63, 3.8) is 0 Å². The van der Waals surface area contributed by atoms with E-state index in [1.54, 1.807) is 18.7 Å². The number of rotatable bonds is 4. The van der Waals surface area contributed by atoms with Gasteiger partial charge in [-0.2, -0.15) is 0 Å². The highest BCUT2D eigenvalue weighted by molar-refractivity contribution is 9.10. The molecule has 0 fully saturated rings. The molecule has 0 saturated carbocycles. The minimum absolute atomic E-state index is 0.127. The first-order valence-electron chi connectivity index (χ1n) is 5.01. The maximum Gasteiger partial charge on any atom is 0.160 e. The van der Waals surface area contributed by atoms with Crippen molar-refractivity contribution in [2.45, 2.75) is 37.3 Å². The lowest BCUT2D eigenvalue weighted by Gasteiger charge is -2.11. The molecule has 1 aromatic carbocycles. The number of ketones is 1. The molecule has 3 heteroatoms. The lowest BCUT2D eigenvalue weighted by molar-refractivity contribution is 0.101. The summed E-state index contributed by atoms with van der Waals surface area (Å²) in [6, 6.07) is 5.89. The van der Waals surface area contributed by atoms with Crippen molar-refractivity contribution in [3.8, 4) is 0 Å². The van der Waals surface area contributed by atoms with Crippen molar-refractivity contribution in [2.24, 2.45) is 0 Å². The van der Waals surface area contributed by atoms with Crippen LogP contribution < -0.4 is 0 Å². The number of halogens is 1. The van der Waals surface area contributed by atoms with Crippen molar-refractivity contribution < 1.29 is 4.79 Å². The van der Waals surface area contributed by atoms with E-state index in [1.807, 2.05) is 18.2 Å². The molecule has 15 heavy (non-hydrogen) atoms. The molecule has 0 aliphatic rings. The first kappa shape index (κ1) is 12.8. The molecule has 0 bridgehead atoms. The molecular weight excluding hydrogens is 272 g/mol. The fourth-order valence-corrected chi connectivity index (χ4v) is 2.62. The standard InChI is InChI=1S/C12H15BrOS/c1-4-8(2)15-12-6-5-10(13)7-11(12)9(3)14/h5-8H,4H2,1-3H3. The summed E-state index contributed by atoms with van der Waals surface area (Å²) in [5, 5.41) is 0.546. The second-order valence-electron chi connectivity index (χ2n) is 3.53. The number of Topliss-reactive ketones (excluding diaryl/α,β-unsaturated/α-hetero) is 1. The molecule has 0 aliphatic carbocycles. The fourth-order valence-electron chi connectivity index (χ4n) is 1.18. The molecule has 1 nitrogen and oxygen atoms in total. The normalized spacial score (nSPS) is 12.5. The Bertz CT molecular complexity index is 363. The summed E-state index contributed by atoms with van der Waals surface area (Å²) in [6.45, 7) is 5.95. The van der Waals surface area contributed by atoms with Crippen LogP contribution in [0.3, 0.4) is 0 Å². The summed E-state index contributed by atoms with van der Waals surface area (Å²) in [5.74, 6) is 0.127. The van der Waals surface area contributed by atoms with Crippen LogP contribution in [0.2, 0.25) is 0 Å². The van der Waals surface area contributed by atoms with Gasteiger partial charge in [-0.15, -0.1) is 11.8 Å². The Balaban J connectivity index is 3.01. The molecule has 0 amide bonds. The van der Waals surface area contributed by atoms with E-state index in [0.717, 1.165) is 21.4 Å². The van der Waals surface area contributed by atoms with Crippen LogP contribution in [0.1, 0.15) is 37.6 Å². The van der Waals surface area contributed by atoms with Gasteiger partial charge in [-0.1, -0.05) is 29.8 Å². The van der Waals surface area contributed by atoms with Crippen LogP contribution in [0.4, 0.5) is 0 Å². The van der Waals surface area contributed by atoms with Gasteiger partial charge in [-0.25, -0.2) is 0 Å². The summed E-state index contributed by atoms with van der Waals surface area (Å²) < 4.78 is 0.959. The van der Waals surface area contributed by atoms with Crippen LogP contribution in [0.15, 0.2) is 27.6 Å². The number of hydrogen-bond donors (Lipinski definition) is 0. The summed E-state index contributed by atoms with van der Waals surface area (Å²) in [6.07, 6.45) is 1.11. The average Bonchev–Trinajstić information content (AvgIpc) is 2.20. The molecule has 0 aromatic heterocycles. The number of carbonyl (C=O) groups is 1. The zero-order chi connectivity index (χ0) is 11.4. The van der Waals surface area contributed by atoms with Gasteiger partial charge in [0.1, 0.15) is 0 Å². The van der Waals surface area contributed by atoms with E-state index in [1.165, 1.54) is 0 Å². The van der Waals surface area contributed by atoms with Gasteiger partial charge >= 0.3 is 0 Å². The molecule has 1 atom stereocenters. The quantitative estimate of drug-likeness (QED) is 0.597. The van der Waals surface area contributed by atoms with Gasteiger partial charge in [0.05, 0.1) is 0 Å². The predicted octanol–water partition coefficient (Wildman–Crippen LogP) is 4.54. The van der Waals surface area contributed by atoms with Crippen LogP contribution in [0.5, 0.6) is 0 Å². The summed E-state index contributed by atoms with van der Waals surface area (Å²) in [5.41, 5.74) is 0.815. The third-order valence-electron chi connectivity index (χ3n) is 2.22. The Kier molecular flexibility index (Phi) is 4.87. The average molecular weight is 287 g/mol. The Morgan fingerprint density at radius 1 is 1.53 bits per heavy atom. The molecule has 1 rings (SSSR count). The van der Waals surface area contributed by atoms with Crippen molar-refractivity contribution in [2.75, 3.05) is 0 Å². The lowest BCUT2D eigenvalue weighted by atomic mass is 10.1. The molecule has 0 radical (unpaired) electrons. The van der Waals surface area contributed by atoms with E-state index in [2.05, 4.69) is 29.8 Å². The Labute approximate surface area is 104 Å². The van der Waals surface area contributed by atoms with Gasteiger partial charge in [0.25, 0.3) is 0 Å². The van der Waals surface area contributed by atoms with E-state index in [-0.39, 0.29) is 5.78 Å². The van der Waals surface area contributed by atoms with E-state index >= 15 is 0 Å². The molecule has 82 valence electrons. The van der Waals surface area contributed by atoms with Crippen molar-refractivity contribution in [1.82, 2.24) is 0 Å². The molecular formula is C12H15BrOS. The highest BCUT2D eigenvalue weighted by atomic mass is 79.9. The fraction of sp³-hybridized carbons (Fsp3) is 0.417. The second-order valence-corrected chi connectivity index (χ2v) is 5.93. The van der Waals surface area contributed by atoms with Gasteiger partial charge in [-0.05, 0) is 31.5 Å². The van der Waals surface area contributed by atoms with Crippen molar-refractivity contribution >= 4 is 33.5 Å². The number of carbonyl (C=O) groups excluding carboxylic acids is 1. The topological polar surface area (TPSA) is 17.1 Å². The maximum absolute atomic E-state index is 11.5. The van der Waals surface area contributed by atoms with Crippen LogP contribution >= 0.6 is 27.7 Å². The highest BCUT2D eigenvalue weighted by Crippen LogP contribution is 2.30. The third kappa shape index (κ3) is 3.65. The predicted molar refractivity (Wildman–Crippen MR) is 69.8 cm³/mol. The van der Waals surface area contributed by atoms with Gasteiger partial charge in [0.15, 0.2) is 5.78 Å². The van der Waals surface area contributed by atoms with Crippen LogP contribution in [-0.4, -0.2) is 11.0 Å². The van der Waals surface area contributed by atoms with Gasteiger partial charge in [-0.3, -0.25) is 4.79 Å². The number of thioether (sulfide) groups is 1. The first-order valence-corrected chi connectivity index (χ1v) is 6.69. The van der Waals surface area contributed by atoms with Crippen molar-refractivity contribution in [3.05, 3.63) is 28.2 Å². The molecule has 1 unspecified atom stereocenters. The van der Waals surface area contributed by atoms with E-state index < -0.39 is 0 Å². The monoisotopic (exact) mass is 286 g/mol. The minimum Gasteiger partial charge on any atom is -0.294 e. The maximum atomic E-state index is 11.5. The van der Waals surface area contributed by atoms with Crippen LogP contribution in [-0.2, 0) is 0 Å². The highest BCUT2D eigenvalue weighted by Gasteiger charge is 2.10. The number of hydrogen-bond acceptors (Lipinski definition) is 2. The molecule has 0 spiro atoms.